The Morgan fingerprint density at radius 3 is 2.67 bits per heavy atom. The number of para-hydroxylation sites is 2. The average molecular weight is 489 g/mol. The fraction of sp³-hybridized carbons (Fsp3) is 0.321. The number of fused-ring (bicyclic) bond motifs is 3. The van der Waals surface area contributed by atoms with Gasteiger partial charge in [-0.1, -0.05) is 48.5 Å². The number of carbonyl (C=O) groups excluding carboxylic acids is 2. The number of anilines is 2. The van der Waals surface area contributed by atoms with E-state index in [1.165, 1.54) is 4.90 Å². The van der Waals surface area contributed by atoms with E-state index in [9.17, 15) is 14.7 Å². The van der Waals surface area contributed by atoms with Crippen LogP contribution in [0, 0.1) is 0 Å². The number of nitrogens with one attached hydrogen (secondary N) is 2. The molecule has 8 nitrogen and oxygen atoms in total. The molecule has 3 N–H and O–H groups in total. The van der Waals surface area contributed by atoms with Crippen molar-refractivity contribution >= 4 is 23.3 Å². The number of carbonyl (C=O) groups is 2. The first kappa shape index (κ1) is 25.2. The van der Waals surface area contributed by atoms with E-state index >= 15 is 0 Å². The summed E-state index contributed by atoms with van der Waals surface area (Å²) in [5.74, 6) is 0.631. The maximum atomic E-state index is 13.4. The second-order valence-corrected chi connectivity index (χ2v) is 8.80. The van der Waals surface area contributed by atoms with Crippen LogP contribution in [0.1, 0.15) is 35.3 Å². The van der Waals surface area contributed by atoms with Gasteiger partial charge in [-0.25, -0.2) is 4.98 Å². The number of nitrogens with zero attached hydrogens (tertiary/aromatic N) is 2. The summed E-state index contributed by atoms with van der Waals surface area (Å²) in [6, 6.07) is 22.1. The summed E-state index contributed by atoms with van der Waals surface area (Å²) in [7, 11) is 0. The van der Waals surface area contributed by atoms with Gasteiger partial charge in [0.1, 0.15) is 17.3 Å². The van der Waals surface area contributed by atoms with Crippen molar-refractivity contribution in [1.29, 1.82) is 0 Å². The number of amides is 2. The molecule has 1 aliphatic rings. The molecule has 2 amide bonds. The van der Waals surface area contributed by atoms with Crippen LogP contribution in [0.15, 0.2) is 72.8 Å². The van der Waals surface area contributed by atoms with Gasteiger partial charge >= 0.3 is 0 Å². The molecule has 4 rings (SSSR count). The fourth-order valence-electron chi connectivity index (χ4n) is 4.14. The predicted octanol–water partition coefficient (Wildman–Crippen LogP) is 3.55. The number of aromatic nitrogens is 1. The molecule has 0 saturated carbocycles. The summed E-state index contributed by atoms with van der Waals surface area (Å²) in [5.41, 5.74) is 2.05. The molecule has 0 aliphatic carbocycles. The fourth-order valence-corrected chi connectivity index (χ4v) is 4.14. The van der Waals surface area contributed by atoms with Crippen LogP contribution in [0.4, 0.5) is 11.5 Å². The third-order valence-corrected chi connectivity index (χ3v) is 5.98. The molecule has 2 aromatic carbocycles. The van der Waals surface area contributed by atoms with Gasteiger partial charge in [0.25, 0.3) is 5.91 Å². The predicted molar refractivity (Wildman–Crippen MR) is 138 cm³/mol. The van der Waals surface area contributed by atoms with Crippen LogP contribution in [-0.2, 0) is 11.2 Å². The molecule has 188 valence electrons. The summed E-state index contributed by atoms with van der Waals surface area (Å²) in [6.45, 7) is 0.678. The quantitative estimate of drug-likeness (QED) is 0.490. The minimum atomic E-state index is -0.433. The molecule has 8 heteroatoms. The Labute approximate surface area is 211 Å². The van der Waals surface area contributed by atoms with Crippen LogP contribution >= 0.6 is 0 Å². The van der Waals surface area contributed by atoms with Gasteiger partial charge in [0.05, 0.1) is 31.5 Å². The van der Waals surface area contributed by atoms with Crippen molar-refractivity contribution in [3.05, 3.63) is 84.1 Å². The molecule has 0 fully saturated rings. The van der Waals surface area contributed by atoms with E-state index in [0.29, 0.717) is 25.4 Å². The lowest BCUT2D eigenvalue weighted by atomic mass is 10.1. The van der Waals surface area contributed by atoms with Gasteiger partial charge in [0, 0.05) is 6.54 Å². The smallest absolute Gasteiger partial charge is 0.273 e. The first-order valence-electron chi connectivity index (χ1n) is 12.3. The van der Waals surface area contributed by atoms with Crippen molar-refractivity contribution < 1.29 is 19.4 Å². The van der Waals surface area contributed by atoms with Crippen molar-refractivity contribution in [2.45, 2.75) is 31.7 Å². The van der Waals surface area contributed by atoms with E-state index in [2.05, 4.69) is 15.6 Å². The molecule has 0 unspecified atom stereocenters. The van der Waals surface area contributed by atoms with E-state index in [4.69, 9.17) is 4.74 Å². The highest BCUT2D eigenvalue weighted by Gasteiger charge is 2.22. The third kappa shape index (κ3) is 7.05. The molecule has 1 aromatic heterocycles. The largest absolute Gasteiger partial charge is 0.491 e. The van der Waals surface area contributed by atoms with Crippen molar-refractivity contribution in [3.8, 4) is 5.75 Å². The average Bonchev–Trinajstić information content (AvgIpc) is 2.90. The number of benzene rings is 2. The summed E-state index contributed by atoms with van der Waals surface area (Å²) in [5, 5.41) is 15.9. The van der Waals surface area contributed by atoms with Crippen LogP contribution in [0.25, 0.3) is 0 Å². The summed E-state index contributed by atoms with van der Waals surface area (Å²) in [4.78, 5) is 32.3. The van der Waals surface area contributed by atoms with E-state index < -0.39 is 6.04 Å². The Balaban J connectivity index is 1.48. The van der Waals surface area contributed by atoms with E-state index in [1.807, 2.05) is 54.6 Å². The van der Waals surface area contributed by atoms with Crippen molar-refractivity contribution in [2.75, 3.05) is 31.6 Å². The Morgan fingerprint density at radius 2 is 1.83 bits per heavy atom. The lowest BCUT2D eigenvalue weighted by Gasteiger charge is -2.24. The number of ether oxygens (including phenoxy) is 1. The van der Waals surface area contributed by atoms with E-state index in [-0.39, 0.29) is 30.7 Å². The lowest BCUT2D eigenvalue weighted by molar-refractivity contribution is -0.122. The third-order valence-electron chi connectivity index (χ3n) is 5.98. The van der Waals surface area contributed by atoms with Gasteiger partial charge in [-0.2, -0.15) is 0 Å². The Morgan fingerprint density at radius 1 is 1.03 bits per heavy atom. The second-order valence-electron chi connectivity index (χ2n) is 8.80. The number of hydrogen-bond donors (Lipinski definition) is 3. The number of aliphatic hydroxyl groups excluding tert-OH is 1. The zero-order valence-corrected chi connectivity index (χ0v) is 20.2. The first-order chi connectivity index (χ1) is 17.6. The summed E-state index contributed by atoms with van der Waals surface area (Å²) in [6.07, 6.45) is 2.92. The number of rotatable bonds is 6. The zero-order chi connectivity index (χ0) is 25.2. The van der Waals surface area contributed by atoms with Crippen molar-refractivity contribution in [1.82, 2.24) is 15.2 Å². The summed E-state index contributed by atoms with van der Waals surface area (Å²) >= 11 is 0. The van der Waals surface area contributed by atoms with Gasteiger partial charge in [-0.15, -0.1) is 0 Å². The molecular weight excluding hydrogens is 456 g/mol. The highest BCUT2D eigenvalue weighted by Crippen LogP contribution is 2.27. The van der Waals surface area contributed by atoms with Gasteiger partial charge in [0.2, 0.25) is 5.91 Å². The van der Waals surface area contributed by atoms with Crippen LogP contribution in [0.3, 0.4) is 0 Å². The maximum absolute atomic E-state index is 13.4. The van der Waals surface area contributed by atoms with Gasteiger partial charge in [0.15, 0.2) is 0 Å². The van der Waals surface area contributed by atoms with Crippen molar-refractivity contribution in [3.63, 3.8) is 0 Å². The molecule has 2 heterocycles. The van der Waals surface area contributed by atoms with Crippen LogP contribution < -0.4 is 15.4 Å². The van der Waals surface area contributed by atoms with Crippen LogP contribution in [0.5, 0.6) is 5.75 Å². The minimum Gasteiger partial charge on any atom is -0.491 e. The first-order valence-corrected chi connectivity index (χ1v) is 12.3. The Bertz CT molecular complexity index is 1160. The standard InChI is InChI=1S/C28H32N4O4/c33-20-22(18-21-10-3-1-4-11-21)29-27(34)19-32-16-7-2-8-17-36-25-14-6-5-12-23(25)30-26-15-9-13-24(31-26)28(32)35/h1,3-6,9-15,22,33H,2,7-8,16-20H2,(H,29,34)(H,30,31)/t22-/m0/s1. The summed E-state index contributed by atoms with van der Waals surface area (Å²) < 4.78 is 5.96. The monoisotopic (exact) mass is 488 g/mol. The molecule has 0 saturated heterocycles. The maximum Gasteiger partial charge on any atom is 0.273 e. The number of pyridine rings is 1. The van der Waals surface area contributed by atoms with Crippen LogP contribution in [-0.4, -0.2) is 59.1 Å². The highest BCUT2D eigenvalue weighted by atomic mass is 16.5. The second kappa shape index (κ2) is 12.7. The number of aliphatic hydroxyl groups is 1. The highest BCUT2D eigenvalue weighted by molar-refractivity contribution is 5.95. The molecule has 1 aliphatic heterocycles. The molecular formula is C28H32N4O4. The van der Waals surface area contributed by atoms with Crippen LogP contribution in [0.2, 0.25) is 0 Å². The molecule has 36 heavy (non-hydrogen) atoms. The van der Waals surface area contributed by atoms with Crippen molar-refractivity contribution in [2.24, 2.45) is 0 Å². The van der Waals surface area contributed by atoms with Gasteiger partial charge < -0.3 is 25.4 Å². The Hall–Kier alpha value is -3.91. The molecule has 0 radical (unpaired) electrons. The van der Waals surface area contributed by atoms with Gasteiger partial charge in [-0.05, 0) is 55.5 Å². The minimum absolute atomic E-state index is 0.108. The zero-order valence-electron chi connectivity index (χ0n) is 20.2. The lowest BCUT2D eigenvalue weighted by Crippen LogP contribution is -2.46. The molecule has 1 atom stereocenters. The Kier molecular flexibility index (Phi) is 8.88. The van der Waals surface area contributed by atoms with E-state index in [0.717, 1.165) is 36.3 Å². The molecule has 2 bridgehead atoms. The van der Waals surface area contributed by atoms with E-state index in [1.54, 1.807) is 18.2 Å². The normalized spacial score (nSPS) is 15.0. The molecule has 3 aromatic rings. The van der Waals surface area contributed by atoms with Gasteiger partial charge in [-0.3, -0.25) is 9.59 Å². The SMILES string of the molecule is O=C(CN1CCCCCOc2ccccc2Nc2cccc(n2)C1=O)N[C@H](CO)Cc1ccccc1. The molecule has 0 spiro atoms. The topological polar surface area (TPSA) is 104 Å². The number of hydrogen-bond acceptors (Lipinski definition) is 6.